The number of amides is 1. The van der Waals surface area contributed by atoms with E-state index < -0.39 is 16.1 Å². The van der Waals surface area contributed by atoms with Gasteiger partial charge in [0.25, 0.3) is 10.0 Å². The maximum Gasteiger partial charge on any atom is 0.250 e. The van der Waals surface area contributed by atoms with E-state index in [1.54, 1.807) is 6.07 Å². The zero-order valence-electron chi connectivity index (χ0n) is 11.0. The molecule has 1 atom stereocenters. The lowest BCUT2D eigenvalue weighted by Crippen LogP contribution is -2.44. The third kappa shape index (κ3) is 4.55. The summed E-state index contributed by atoms with van der Waals surface area (Å²) in [4.78, 5) is 11.6. The number of aryl methyl sites for hydroxylation is 1. The van der Waals surface area contributed by atoms with Crippen LogP contribution in [0.2, 0.25) is 0 Å². The van der Waals surface area contributed by atoms with E-state index in [-0.39, 0.29) is 10.1 Å². The van der Waals surface area contributed by atoms with E-state index >= 15 is 0 Å². The summed E-state index contributed by atoms with van der Waals surface area (Å²) >= 11 is 4.41. The summed E-state index contributed by atoms with van der Waals surface area (Å²) in [5, 5.41) is 2.65. The van der Waals surface area contributed by atoms with Crippen LogP contribution >= 0.6 is 27.3 Å². The normalized spacial score (nSPS) is 13.3. The van der Waals surface area contributed by atoms with Gasteiger partial charge in [-0.05, 0) is 47.8 Å². The van der Waals surface area contributed by atoms with Crippen molar-refractivity contribution in [3.05, 3.63) is 15.4 Å². The smallest absolute Gasteiger partial charge is 0.250 e. The third-order valence-electron chi connectivity index (χ3n) is 2.37. The van der Waals surface area contributed by atoms with Gasteiger partial charge in [-0.25, -0.2) is 8.42 Å². The van der Waals surface area contributed by atoms with Gasteiger partial charge in [-0.1, -0.05) is 6.92 Å². The zero-order chi connectivity index (χ0) is 14.6. The van der Waals surface area contributed by atoms with Crippen LogP contribution in [0.5, 0.6) is 0 Å². The number of nitrogens with one attached hydrogen (secondary N) is 2. The third-order valence-corrected chi connectivity index (χ3v) is 6.52. The van der Waals surface area contributed by atoms with Crippen molar-refractivity contribution in [2.24, 2.45) is 0 Å². The monoisotopic (exact) mass is 368 g/mol. The Morgan fingerprint density at radius 2 is 2.16 bits per heavy atom. The van der Waals surface area contributed by atoms with E-state index in [9.17, 15) is 13.2 Å². The Labute approximate surface area is 126 Å². The molecule has 0 saturated heterocycles. The predicted octanol–water partition coefficient (Wildman–Crippen LogP) is 2.01. The van der Waals surface area contributed by atoms with Crippen LogP contribution in [0.1, 0.15) is 25.8 Å². The lowest BCUT2D eigenvalue weighted by Gasteiger charge is -2.13. The molecule has 1 amide bonds. The Morgan fingerprint density at radius 3 is 2.63 bits per heavy atom. The van der Waals surface area contributed by atoms with E-state index in [0.717, 1.165) is 27.1 Å². The van der Waals surface area contributed by atoms with Gasteiger partial charge in [0.15, 0.2) is 0 Å². The summed E-state index contributed by atoms with van der Waals surface area (Å²) < 4.78 is 27.5. The van der Waals surface area contributed by atoms with Crippen LogP contribution in [0.25, 0.3) is 0 Å². The topological polar surface area (TPSA) is 75.3 Å². The first-order valence-corrected chi connectivity index (χ1v) is 8.93. The largest absolute Gasteiger partial charge is 0.355 e. The molecular formula is C11H17BrN2O3S2. The minimum Gasteiger partial charge on any atom is -0.355 e. The van der Waals surface area contributed by atoms with Crippen LogP contribution in [0, 0.1) is 6.92 Å². The lowest BCUT2D eigenvalue weighted by atomic mass is 10.3. The fourth-order valence-corrected chi connectivity index (χ4v) is 4.75. The molecule has 0 aliphatic rings. The van der Waals surface area contributed by atoms with Gasteiger partial charge < -0.3 is 5.32 Å². The Kier molecular flexibility index (Phi) is 5.97. The molecule has 0 aliphatic carbocycles. The van der Waals surface area contributed by atoms with Crippen LogP contribution < -0.4 is 10.0 Å². The molecule has 0 fully saturated rings. The number of carbonyl (C=O) groups is 1. The van der Waals surface area contributed by atoms with E-state index in [4.69, 9.17) is 0 Å². The van der Waals surface area contributed by atoms with Crippen LogP contribution in [0.15, 0.2) is 14.1 Å². The van der Waals surface area contributed by atoms with Crippen LogP contribution in [-0.2, 0) is 14.8 Å². The van der Waals surface area contributed by atoms with Crippen molar-refractivity contribution in [1.82, 2.24) is 10.0 Å². The van der Waals surface area contributed by atoms with Gasteiger partial charge >= 0.3 is 0 Å². The Morgan fingerprint density at radius 1 is 1.53 bits per heavy atom. The number of rotatable bonds is 6. The molecule has 0 spiro atoms. The van der Waals surface area contributed by atoms with Crippen molar-refractivity contribution in [3.8, 4) is 0 Å². The molecule has 1 heterocycles. The van der Waals surface area contributed by atoms with Gasteiger partial charge in [-0.2, -0.15) is 4.72 Å². The highest BCUT2D eigenvalue weighted by molar-refractivity contribution is 9.11. The van der Waals surface area contributed by atoms with Crippen molar-refractivity contribution in [1.29, 1.82) is 0 Å². The minimum atomic E-state index is -3.65. The van der Waals surface area contributed by atoms with E-state index in [0.29, 0.717) is 6.54 Å². The van der Waals surface area contributed by atoms with Gasteiger partial charge in [-0.3, -0.25) is 4.79 Å². The molecule has 1 unspecified atom stereocenters. The van der Waals surface area contributed by atoms with E-state index in [1.165, 1.54) is 6.92 Å². The molecule has 0 saturated carbocycles. The number of thiophene rings is 1. The molecule has 19 heavy (non-hydrogen) atoms. The van der Waals surface area contributed by atoms with E-state index in [2.05, 4.69) is 26.0 Å². The predicted molar refractivity (Wildman–Crippen MR) is 79.8 cm³/mol. The highest BCUT2D eigenvalue weighted by Gasteiger charge is 2.23. The SMILES string of the molecule is CCCNC(=O)C(C)NS(=O)(=O)c1cc(C)c(Br)s1. The lowest BCUT2D eigenvalue weighted by molar-refractivity contribution is -0.122. The van der Waals surface area contributed by atoms with Crippen LogP contribution in [0.3, 0.4) is 0 Å². The Hall–Kier alpha value is -0.440. The molecule has 0 bridgehead atoms. The van der Waals surface area contributed by atoms with Crippen molar-refractivity contribution in [2.75, 3.05) is 6.54 Å². The van der Waals surface area contributed by atoms with Crippen molar-refractivity contribution in [3.63, 3.8) is 0 Å². The average molecular weight is 369 g/mol. The average Bonchev–Trinajstić information content (AvgIpc) is 2.67. The minimum absolute atomic E-state index is 0.201. The number of hydrogen-bond acceptors (Lipinski definition) is 4. The zero-order valence-corrected chi connectivity index (χ0v) is 14.2. The molecule has 0 aliphatic heterocycles. The maximum absolute atomic E-state index is 12.1. The van der Waals surface area contributed by atoms with Gasteiger partial charge in [0.1, 0.15) is 4.21 Å². The quantitative estimate of drug-likeness (QED) is 0.806. The van der Waals surface area contributed by atoms with Gasteiger partial charge in [0.2, 0.25) is 5.91 Å². The summed E-state index contributed by atoms with van der Waals surface area (Å²) in [7, 11) is -3.65. The Bertz CT molecular complexity index is 535. The van der Waals surface area contributed by atoms with Gasteiger partial charge in [-0.15, -0.1) is 11.3 Å². The van der Waals surface area contributed by atoms with Crippen LogP contribution in [-0.4, -0.2) is 26.9 Å². The summed E-state index contributed by atoms with van der Waals surface area (Å²) in [5.41, 5.74) is 0.855. The second-order valence-corrected chi connectivity index (χ2v) is 8.47. The first kappa shape index (κ1) is 16.6. The molecule has 2 N–H and O–H groups in total. The maximum atomic E-state index is 12.1. The van der Waals surface area contributed by atoms with Gasteiger partial charge in [0, 0.05) is 6.54 Å². The molecule has 0 radical (unpaired) electrons. The molecule has 1 rings (SSSR count). The highest BCUT2D eigenvalue weighted by Crippen LogP contribution is 2.30. The second kappa shape index (κ2) is 6.83. The van der Waals surface area contributed by atoms with Crippen LogP contribution in [0.4, 0.5) is 0 Å². The summed E-state index contributed by atoms with van der Waals surface area (Å²) in [6.07, 6.45) is 0.808. The van der Waals surface area contributed by atoms with Gasteiger partial charge in [0.05, 0.1) is 9.83 Å². The van der Waals surface area contributed by atoms with Crippen molar-refractivity contribution < 1.29 is 13.2 Å². The first-order valence-electron chi connectivity index (χ1n) is 5.84. The number of hydrogen-bond donors (Lipinski definition) is 2. The summed E-state index contributed by atoms with van der Waals surface area (Å²) in [5.74, 6) is -0.322. The number of halogens is 1. The number of carbonyl (C=O) groups excluding carboxylic acids is 1. The summed E-state index contributed by atoms with van der Waals surface area (Å²) in [6.45, 7) is 5.81. The first-order chi connectivity index (χ1) is 8.77. The molecule has 1 aromatic rings. The number of sulfonamides is 1. The summed E-state index contributed by atoms with van der Waals surface area (Å²) in [6, 6.07) is 0.783. The highest BCUT2D eigenvalue weighted by atomic mass is 79.9. The fraction of sp³-hybridized carbons (Fsp3) is 0.545. The molecule has 5 nitrogen and oxygen atoms in total. The molecule has 8 heteroatoms. The van der Waals surface area contributed by atoms with Crippen molar-refractivity contribution >= 4 is 43.2 Å². The molecule has 0 aromatic carbocycles. The molecular weight excluding hydrogens is 352 g/mol. The molecule has 108 valence electrons. The standard InChI is InChI=1S/C11H17BrN2O3S2/c1-4-5-13-11(15)8(3)14-19(16,17)9-6-7(2)10(12)18-9/h6,8,14H,4-5H2,1-3H3,(H,13,15). The van der Waals surface area contributed by atoms with Crippen molar-refractivity contribution in [2.45, 2.75) is 37.4 Å². The molecule has 1 aromatic heterocycles. The Balaban J connectivity index is 2.77. The fourth-order valence-electron chi connectivity index (χ4n) is 1.31. The van der Waals surface area contributed by atoms with E-state index in [1.807, 2.05) is 13.8 Å². The second-order valence-electron chi connectivity index (χ2n) is 4.16.